The zero-order chi connectivity index (χ0) is 21.7. The fraction of sp³-hybridized carbons (Fsp3) is 0.520. The average Bonchev–Trinajstić information content (AvgIpc) is 3.45. The zero-order valence-electron chi connectivity index (χ0n) is 18.3. The Morgan fingerprint density at radius 2 is 1.81 bits per heavy atom. The van der Waals surface area contributed by atoms with Crippen molar-refractivity contribution in [3.8, 4) is 10.4 Å². The van der Waals surface area contributed by atoms with E-state index in [4.69, 9.17) is 4.74 Å². The largest absolute Gasteiger partial charge is 0.439 e. The minimum atomic E-state index is -0.349. The van der Waals surface area contributed by atoms with E-state index in [1.165, 1.54) is 6.42 Å². The highest BCUT2D eigenvalue weighted by molar-refractivity contribution is 7.19. The minimum Gasteiger partial charge on any atom is -0.439 e. The third-order valence-corrected chi connectivity index (χ3v) is 8.81. The van der Waals surface area contributed by atoms with Crippen molar-refractivity contribution < 1.29 is 14.3 Å². The monoisotopic (exact) mass is 451 g/mol. The maximum atomic E-state index is 12.9. The molecule has 1 aromatic carbocycles. The van der Waals surface area contributed by atoms with Crippen LogP contribution in [-0.4, -0.2) is 66.7 Å². The first-order chi connectivity index (χ1) is 15.6. The van der Waals surface area contributed by atoms with Crippen LogP contribution in [0.4, 0.5) is 9.80 Å². The summed E-state index contributed by atoms with van der Waals surface area (Å²) >= 11 is 1.60. The molecule has 2 aromatic rings. The summed E-state index contributed by atoms with van der Waals surface area (Å²) < 4.78 is 6.03. The van der Waals surface area contributed by atoms with Crippen LogP contribution in [0.15, 0.2) is 36.4 Å². The minimum absolute atomic E-state index is 0.121. The van der Waals surface area contributed by atoms with Crippen molar-refractivity contribution in [2.45, 2.75) is 37.7 Å². The first-order valence-corrected chi connectivity index (χ1v) is 12.7. The zero-order valence-corrected chi connectivity index (χ0v) is 19.1. The first kappa shape index (κ1) is 20.2. The molecule has 7 rings (SSSR count). The van der Waals surface area contributed by atoms with Gasteiger partial charge in [-0.15, -0.1) is 11.3 Å². The molecule has 7 heteroatoms. The lowest BCUT2D eigenvalue weighted by Crippen LogP contribution is -2.61. The van der Waals surface area contributed by atoms with Crippen LogP contribution in [0.25, 0.3) is 10.4 Å². The van der Waals surface area contributed by atoms with Crippen molar-refractivity contribution in [1.82, 2.24) is 9.80 Å². The number of fused-ring (bicyclic) bond motifs is 2. The second-order valence-corrected chi connectivity index (χ2v) is 10.7. The molecule has 6 heterocycles. The molecule has 2 bridgehead atoms. The Hall–Kier alpha value is -2.38. The van der Waals surface area contributed by atoms with Crippen LogP contribution in [0.3, 0.4) is 0 Å². The standard InChI is InChI=1S/C25H29N3O3S/c29-23(27-11-2-1-3-12-27)19-6-4-5-18(15-19)21-7-8-22(32-21)28-17-25(31-24(28)30)16-26-13-9-20(25)10-14-26/h4-8,15,20H,1-3,9-14,16-17H2/t25-/m1/s1. The number of nitrogens with zero attached hydrogens (tertiary/aromatic N) is 3. The number of carbonyl (C=O) groups is 2. The molecular formula is C25H29N3O3S. The number of amides is 2. The molecule has 0 aliphatic carbocycles. The summed E-state index contributed by atoms with van der Waals surface area (Å²) in [6.45, 7) is 5.45. The van der Waals surface area contributed by atoms with Gasteiger partial charge in [0.2, 0.25) is 0 Å². The van der Waals surface area contributed by atoms with Crippen molar-refractivity contribution in [2.75, 3.05) is 44.2 Å². The van der Waals surface area contributed by atoms with Gasteiger partial charge >= 0.3 is 6.09 Å². The molecule has 1 spiro atoms. The lowest BCUT2D eigenvalue weighted by Gasteiger charge is -2.49. The summed E-state index contributed by atoms with van der Waals surface area (Å²) in [5.41, 5.74) is 1.42. The number of likely N-dealkylation sites (tertiary alicyclic amines) is 1. The van der Waals surface area contributed by atoms with Crippen LogP contribution in [0, 0.1) is 5.92 Å². The Bertz CT molecular complexity index is 1040. The molecule has 2 amide bonds. The van der Waals surface area contributed by atoms with Gasteiger partial charge in [0.15, 0.2) is 0 Å². The molecule has 6 nitrogen and oxygen atoms in total. The van der Waals surface area contributed by atoms with Gasteiger partial charge in [-0.1, -0.05) is 12.1 Å². The van der Waals surface area contributed by atoms with E-state index < -0.39 is 0 Å². The molecule has 5 aliphatic heterocycles. The van der Waals surface area contributed by atoms with Gasteiger partial charge in [-0.2, -0.15) is 0 Å². The number of piperidine rings is 4. The van der Waals surface area contributed by atoms with Gasteiger partial charge in [0, 0.05) is 36.0 Å². The summed E-state index contributed by atoms with van der Waals surface area (Å²) in [6.07, 6.45) is 5.41. The van der Waals surface area contributed by atoms with E-state index in [0.29, 0.717) is 12.5 Å². The Morgan fingerprint density at radius 1 is 1.00 bits per heavy atom. The van der Waals surface area contributed by atoms with E-state index in [1.807, 2.05) is 40.1 Å². The number of hydrogen-bond donors (Lipinski definition) is 0. The second kappa shape index (κ2) is 7.89. The highest BCUT2D eigenvalue weighted by Crippen LogP contribution is 2.45. The summed E-state index contributed by atoms with van der Waals surface area (Å²) in [5, 5.41) is 0.922. The van der Waals surface area contributed by atoms with Gasteiger partial charge in [-0.05, 0) is 75.0 Å². The van der Waals surface area contributed by atoms with Gasteiger partial charge in [0.25, 0.3) is 5.91 Å². The van der Waals surface area contributed by atoms with Crippen molar-refractivity contribution in [2.24, 2.45) is 5.92 Å². The molecular weight excluding hydrogens is 422 g/mol. The Morgan fingerprint density at radius 3 is 2.56 bits per heavy atom. The molecule has 1 atom stereocenters. The van der Waals surface area contributed by atoms with Crippen LogP contribution in [0.1, 0.15) is 42.5 Å². The SMILES string of the molecule is O=C(c1cccc(-c2ccc(N3C[C@@]4(CN5CCC4CC5)OC3=O)s2)c1)N1CCCCC1. The van der Waals surface area contributed by atoms with E-state index in [2.05, 4.69) is 11.0 Å². The Kier molecular flexibility index (Phi) is 4.99. The van der Waals surface area contributed by atoms with Gasteiger partial charge in [-0.25, -0.2) is 4.79 Å². The molecule has 1 aromatic heterocycles. The average molecular weight is 452 g/mol. The Labute approximate surface area is 192 Å². The number of rotatable bonds is 3. The van der Waals surface area contributed by atoms with Gasteiger partial charge in [0.05, 0.1) is 6.54 Å². The van der Waals surface area contributed by atoms with Crippen molar-refractivity contribution in [1.29, 1.82) is 0 Å². The van der Waals surface area contributed by atoms with Crippen LogP contribution in [0.2, 0.25) is 0 Å². The maximum Gasteiger partial charge on any atom is 0.415 e. The molecule has 0 radical (unpaired) electrons. The molecule has 32 heavy (non-hydrogen) atoms. The lowest BCUT2D eigenvalue weighted by atomic mass is 9.75. The van der Waals surface area contributed by atoms with Crippen molar-refractivity contribution in [3.63, 3.8) is 0 Å². The van der Waals surface area contributed by atoms with E-state index in [9.17, 15) is 9.59 Å². The number of anilines is 1. The van der Waals surface area contributed by atoms with E-state index in [0.717, 1.165) is 79.4 Å². The molecule has 0 N–H and O–H groups in total. The van der Waals surface area contributed by atoms with Gasteiger partial charge in [0.1, 0.15) is 10.6 Å². The summed E-state index contributed by atoms with van der Waals surface area (Å²) in [7, 11) is 0. The molecule has 0 saturated carbocycles. The van der Waals surface area contributed by atoms with Crippen LogP contribution >= 0.6 is 11.3 Å². The van der Waals surface area contributed by atoms with E-state index in [1.54, 1.807) is 11.3 Å². The molecule has 5 aliphatic rings. The number of ether oxygens (including phenoxy) is 1. The van der Waals surface area contributed by atoms with Gasteiger partial charge in [-0.3, -0.25) is 14.6 Å². The van der Waals surface area contributed by atoms with E-state index in [-0.39, 0.29) is 17.6 Å². The normalized spacial score (nSPS) is 29.6. The van der Waals surface area contributed by atoms with Crippen LogP contribution in [0.5, 0.6) is 0 Å². The quantitative estimate of drug-likeness (QED) is 0.691. The molecule has 0 unspecified atom stereocenters. The number of benzene rings is 1. The molecule has 5 saturated heterocycles. The smallest absolute Gasteiger partial charge is 0.415 e. The number of carbonyl (C=O) groups excluding carboxylic acids is 2. The topological polar surface area (TPSA) is 53.1 Å². The fourth-order valence-electron chi connectivity index (χ4n) is 5.89. The molecule has 168 valence electrons. The Balaban J connectivity index is 1.22. The van der Waals surface area contributed by atoms with Gasteiger partial charge < -0.3 is 9.64 Å². The number of hydrogen-bond acceptors (Lipinski definition) is 5. The predicted octanol–water partition coefficient (Wildman–Crippen LogP) is 4.46. The van der Waals surface area contributed by atoms with Crippen LogP contribution in [-0.2, 0) is 4.74 Å². The van der Waals surface area contributed by atoms with Crippen molar-refractivity contribution >= 4 is 28.3 Å². The highest BCUT2D eigenvalue weighted by atomic mass is 32.1. The third-order valence-electron chi connectivity index (χ3n) is 7.65. The lowest BCUT2D eigenvalue weighted by molar-refractivity contribution is -0.0881. The maximum absolute atomic E-state index is 12.9. The fourth-order valence-corrected chi connectivity index (χ4v) is 6.89. The number of thiophene rings is 1. The van der Waals surface area contributed by atoms with Crippen LogP contribution < -0.4 is 4.90 Å². The summed E-state index contributed by atoms with van der Waals surface area (Å²) in [6, 6.07) is 12.0. The first-order valence-electron chi connectivity index (χ1n) is 11.8. The second-order valence-electron chi connectivity index (χ2n) is 9.64. The predicted molar refractivity (Wildman–Crippen MR) is 125 cm³/mol. The summed E-state index contributed by atoms with van der Waals surface area (Å²) in [5.74, 6) is 0.592. The summed E-state index contributed by atoms with van der Waals surface area (Å²) in [4.78, 5) is 33.0. The van der Waals surface area contributed by atoms with Crippen molar-refractivity contribution in [3.05, 3.63) is 42.0 Å². The molecule has 5 fully saturated rings. The van der Waals surface area contributed by atoms with E-state index >= 15 is 0 Å². The third kappa shape index (κ3) is 3.42. The highest BCUT2D eigenvalue weighted by Gasteiger charge is 2.55.